The molecule has 1 aliphatic heterocycles. The van der Waals surface area contributed by atoms with Crippen molar-refractivity contribution in [1.82, 2.24) is 0 Å². The summed E-state index contributed by atoms with van der Waals surface area (Å²) < 4.78 is 9.52. The minimum atomic E-state index is -1.19. The number of aliphatic hydroxyl groups excluding tert-OH is 3. The molecule has 5 heteroatoms. The first-order chi connectivity index (χ1) is 5.16. The molecule has 0 aromatic carbocycles. The van der Waals surface area contributed by atoms with Crippen LogP contribution in [0.1, 0.15) is 0 Å². The average molecular weight is 164 g/mol. The molecule has 0 aliphatic carbocycles. The molecule has 11 heavy (non-hydrogen) atoms. The average Bonchev–Trinajstić information content (AvgIpc) is 2.01. The summed E-state index contributed by atoms with van der Waals surface area (Å²) in [7, 11) is 1.36. The molecule has 4 atom stereocenters. The molecule has 0 spiro atoms. The Labute approximate surface area is 64.2 Å². The highest BCUT2D eigenvalue weighted by molar-refractivity contribution is 4.81. The summed E-state index contributed by atoms with van der Waals surface area (Å²) in [4.78, 5) is 0. The van der Waals surface area contributed by atoms with Crippen molar-refractivity contribution in [1.29, 1.82) is 0 Å². The highest BCUT2D eigenvalue weighted by Crippen LogP contribution is 2.15. The summed E-state index contributed by atoms with van der Waals surface area (Å²) in [6.07, 6.45) is -4.23. The van der Waals surface area contributed by atoms with E-state index < -0.39 is 24.6 Å². The summed E-state index contributed by atoms with van der Waals surface area (Å²) in [6.45, 7) is -0.0171. The van der Waals surface area contributed by atoms with Gasteiger partial charge in [0.25, 0.3) is 0 Å². The quantitative estimate of drug-likeness (QED) is 0.420. The fraction of sp³-hybridized carbons (Fsp3) is 1.00. The largest absolute Gasteiger partial charge is 0.388 e. The first kappa shape index (κ1) is 8.89. The number of rotatable bonds is 1. The Bertz CT molecular complexity index is 126. The van der Waals surface area contributed by atoms with Gasteiger partial charge in [-0.3, -0.25) is 0 Å². The van der Waals surface area contributed by atoms with Crippen molar-refractivity contribution in [2.75, 3.05) is 13.7 Å². The van der Waals surface area contributed by atoms with Gasteiger partial charge >= 0.3 is 0 Å². The van der Waals surface area contributed by atoms with Crippen LogP contribution in [-0.2, 0) is 9.47 Å². The van der Waals surface area contributed by atoms with E-state index >= 15 is 0 Å². The smallest absolute Gasteiger partial charge is 0.185 e. The normalized spacial score (nSPS) is 45.8. The molecular weight excluding hydrogens is 152 g/mol. The molecule has 0 unspecified atom stereocenters. The van der Waals surface area contributed by atoms with E-state index in [-0.39, 0.29) is 6.61 Å². The lowest BCUT2D eigenvalue weighted by Gasteiger charge is -2.33. The minimum Gasteiger partial charge on any atom is -0.388 e. The Morgan fingerprint density at radius 3 is 2.45 bits per heavy atom. The number of aliphatic hydroxyl groups is 3. The van der Waals surface area contributed by atoms with Crippen LogP contribution < -0.4 is 0 Å². The molecule has 0 radical (unpaired) electrons. The van der Waals surface area contributed by atoms with Crippen molar-refractivity contribution in [2.24, 2.45) is 0 Å². The molecule has 0 aromatic rings. The molecule has 1 rings (SSSR count). The van der Waals surface area contributed by atoms with E-state index in [0.717, 1.165) is 0 Å². The predicted octanol–water partition coefficient (Wildman–Crippen LogP) is -1.93. The summed E-state index contributed by atoms with van der Waals surface area (Å²) in [5.41, 5.74) is 0. The Kier molecular flexibility index (Phi) is 2.80. The van der Waals surface area contributed by atoms with Gasteiger partial charge in [0.05, 0.1) is 6.61 Å². The molecule has 0 aromatic heterocycles. The molecule has 1 saturated heterocycles. The maximum Gasteiger partial charge on any atom is 0.185 e. The van der Waals surface area contributed by atoms with E-state index in [0.29, 0.717) is 0 Å². The van der Waals surface area contributed by atoms with Crippen molar-refractivity contribution in [3.05, 3.63) is 0 Å². The Balaban J connectivity index is 2.52. The van der Waals surface area contributed by atoms with Gasteiger partial charge in [-0.1, -0.05) is 0 Å². The van der Waals surface area contributed by atoms with Crippen LogP contribution in [0, 0.1) is 0 Å². The van der Waals surface area contributed by atoms with E-state index in [2.05, 4.69) is 4.74 Å². The number of hydrogen-bond donors (Lipinski definition) is 3. The van der Waals surface area contributed by atoms with Gasteiger partial charge in [0.1, 0.15) is 18.3 Å². The molecule has 1 fully saturated rings. The van der Waals surface area contributed by atoms with Crippen LogP contribution in [0.25, 0.3) is 0 Å². The van der Waals surface area contributed by atoms with Gasteiger partial charge in [-0.25, -0.2) is 0 Å². The van der Waals surface area contributed by atoms with Crippen LogP contribution in [0.5, 0.6) is 0 Å². The topological polar surface area (TPSA) is 79.2 Å². The molecule has 66 valence electrons. The van der Waals surface area contributed by atoms with Crippen LogP contribution in [-0.4, -0.2) is 53.6 Å². The van der Waals surface area contributed by atoms with Crippen molar-refractivity contribution in [3.8, 4) is 0 Å². The second-order valence-corrected chi connectivity index (χ2v) is 2.49. The van der Waals surface area contributed by atoms with Gasteiger partial charge in [-0.2, -0.15) is 0 Å². The van der Waals surface area contributed by atoms with Crippen LogP contribution >= 0.6 is 0 Å². The molecule has 0 bridgehead atoms. The predicted molar refractivity (Wildman–Crippen MR) is 34.8 cm³/mol. The van der Waals surface area contributed by atoms with E-state index in [1.165, 1.54) is 7.11 Å². The zero-order valence-electron chi connectivity index (χ0n) is 6.17. The van der Waals surface area contributed by atoms with Crippen LogP contribution in [0.15, 0.2) is 0 Å². The number of hydrogen-bond acceptors (Lipinski definition) is 5. The monoisotopic (exact) mass is 164 g/mol. The lowest BCUT2D eigenvalue weighted by Crippen LogP contribution is -2.53. The van der Waals surface area contributed by atoms with Crippen molar-refractivity contribution < 1.29 is 24.8 Å². The zero-order valence-corrected chi connectivity index (χ0v) is 6.17. The third-order valence-electron chi connectivity index (χ3n) is 1.69. The maximum atomic E-state index is 9.15. The molecule has 3 N–H and O–H groups in total. The first-order valence-electron chi connectivity index (χ1n) is 3.35. The van der Waals surface area contributed by atoms with Gasteiger partial charge in [0.15, 0.2) is 6.29 Å². The zero-order chi connectivity index (χ0) is 8.43. The SMILES string of the molecule is CO[C@H]1OC[C@@H](O)[C@@H](O)[C@@H]1O. The summed E-state index contributed by atoms with van der Waals surface area (Å²) in [5.74, 6) is 0. The molecule has 1 heterocycles. The second-order valence-electron chi connectivity index (χ2n) is 2.49. The Morgan fingerprint density at radius 1 is 1.27 bits per heavy atom. The lowest BCUT2D eigenvalue weighted by atomic mass is 10.1. The Hall–Kier alpha value is -0.200. The molecule has 5 nitrogen and oxygen atoms in total. The van der Waals surface area contributed by atoms with Crippen molar-refractivity contribution >= 4 is 0 Å². The fourth-order valence-corrected chi connectivity index (χ4v) is 0.987. The van der Waals surface area contributed by atoms with Crippen molar-refractivity contribution in [3.63, 3.8) is 0 Å². The molecule has 0 saturated carbocycles. The standard InChI is InChI=1S/C6H12O5/c1-10-6-5(9)4(8)3(7)2-11-6/h3-9H,2H2,1H3/t3-,4-,5+,6+/m1/s1. The summed E-state index contributed by atoms with van der Waals surface area (Å²) in [5, 5.41) is 27.2. The van der Waals surface area contributed by atoms with E-state index in [1.807, 2.05) is 0 Å². The van der Waals surface area contributed by atoms with Crippen LogP contribution in [0.4, 0.5) is 0 Å². The van der Waals surface area contributed by atoms with Gasteiger partial charge < -0.3 is 24.8 Å². The van der Waals surface area contributed by atoms with Crippen molar-refractivity contribution in [2.45, 2.75) is 24.6 Å². The molecular formula is C6H12O5. The Morgan fingerprint density at radius 2 is 1.91 bits per heavy atom. The molecule has 0 amide bonds. The summed E-state index contributed by atoms with van der Waals surface area (Å²) in [6, 6.07) is 0. The van der Waals surface area contributed by atoms with Crippen LogP contribution in [0.2, 0.25) is 0 Å². The second kappa shape index (κ2) is 3.46. The fourth-order valence-electron chi connectivity index (χ4n) is 0.987. The molecule has 1 aliphatic rings. The van der Waals surface area contributed by atoms with Gasteiger partial charge in [0, 0.05) is 7.11 Å². The van der Waals surface area contributed by atoms with E-state index in [9.17, 15) is 0 Å². The number of ether oxygens (including phenoxy) is 2. The van der Waals surface area contributed by atoms with Gasteiger partial charge in [-0.05, 0) is 0 Å². The third-order valence-corrected chi connectivity index (χ3v) is 1.69. The lowest BCUT2D eigenvalue weighted by molar-refractivity contribution is -0.261. The first-order valence-corrected chi connectivity index (χ1v) is 3.35. The third kappa shape index (κ3) is 1.69. The van der Waals surface area contributed by atoms with Gasteiger partial charge in [0.2, 0.25) is 0 Å². The highest BCUT2D eigenvalue weighted by atomic mass is 16.7. The van der Waals surface area contributed by atoms with E-state index in [4.69, 9.17) is 20.1 Å². The van der Waals surface area contributed by atoms with Gasteiger partial charge in [-0.15, -0.1) is 0 Å². The minimum absolute atomic E-state index is 0.0171. The highest BCUT2D eigenvalue weighted by Gasteiger charge is 2.37. The number of methoxy groups -OCH3 is 1. The van der Waals surface area contributed by atoms with E-state index in [1.54, 1.807) is 0 Å². The maximum absolute atomic E-state index is 9.15. The van der Waals surface area contributed by atoms with Crippen LogP contribution in [0.3, 0.4) is 0 Å². The summed E-state index contributed by atoms with van der Waals surface area (Å²) >= 11 is 0.